The molecule has 0 N–H and O–H groups in total. The van der Waals surface area contributed by atoms with Crippen molar-refractivity contribution in [2.24, 2.45) is 0 Å². The largest absolute Gasteiger partial charge is 0.367 e. The van der Waals surface area contributed by atoms with E-state index >= 15 is 0 Å². The summed E-state index contributed by atoms with van der Waals surface area (Å²) in [6.45, 7) is 3.58. The van der Waals surface area contributed by atoms with Crippen molar-refractivity contribution >= 4 is 32.9 Å². The minimum atomic E-state index is -3.81. The number of aromatic nitrogens is 1. The van der Waals surface area contributed by atoms with Crippen molar-refractivity contribution in [1.82, 2.24) is 3.97 Å². The summed E-state index contributed by atoms with van der Waals surface area (Å²) in [5, 5.41) is 0.641. The predicted molar refractivity (Wildman–Crippen MR) is 122 cm³/mol. The maximum absolute atomic E-state index is 13.2. The normalized spacial score (nSPS) is 13.9. The van der Waals surface area contributed by atoms with Crippen LogP contribution in [0.15, 0.2) is 77.8 Å². The first-order valence-electron chi connectivity index (χ1n) is 10.2. The molecule has 156 valence electrons. The summed E-state index contributed by atoms with van der Waals surface area (Å²) in [5.41, 5.74) is 5.50. The van der Waals surface area contributed by atoms with Gasteiger partial charge in [-0.3, -0.25) is 4.79 Å². The maximum atomic E-state index is 13.2. The molecular weight excluding hydrogens is 408 g/mol. The van der Waals surface area contributed by atoms with E-state index in [1.165, 1.54) is 21.3 Å². The summed E-state index contributed by atoms with van der Waals surface area (Å²) >= 11 is 0. The van der Waals surface area contributed by atoms with E-state index in [0.717, 1.165) is 37.0 Å². The molecule has 0 bridgehead atoms. The lowest BCUT2D eigenvalue weighted by Crippen LogP contribution is -2.30. The SMILES string of the molecule is Cc1ccc(S(=O)(=O)n2cc(C=O)c3cc(N4CCc5ccccc5C4)ccc32)cc1. The van der Waals surface area contributed by atoms with Gasteiger partial charge in [0, 0.05) is 35.9 Å². The lowest BCUT2D eigenvalue weighted by Gasteiger charge is -2.30. The van der Waals surface area contributed by atoms with Crippen molar-refractivity contribution in [3.05, 3.63) is 95.2 Å². The van der Waals surface area contributed by atoms with Crippen molar-refractivity contribution in [3.8, 4) is 0 Å². The zero-order valence-corrected chi connectivity index (χ0v) is 18.0. The minimum Gasteiger partial charge on any atom is -0.367 e. The van der Waals surface area contributed by atoms with E-state index in [4.69, 9.17) is 0 Å². The summed E-state index contributed by atoms with van der Waals surface area (Å²) in [6.07, 6.45) is 3.10. The average Bonchev–Trinajstić information content (AvgIpc) is 3.18. The highest BCUT2D eigenvalue weighted by atomic mass is 32.2. The lowest BCUT2D eigenvalue weighted by atomic mass is 9.99. The van der Waals surface area contributed by atoms with Gasteiger partial charge in [-0.1, -0.05) is 42.0 Å². The van der Waals surface area contributed by atoms with Crippen LogP contribution < -0.4 is 4.90 Å². The van der Waals surface area contributed by atoms with Crippen LogP contribution in [-0.4, -0.2) is 25.2 Å². The van der Waals surface area contributed by atoms with E-state index in [2.05, 4.69) is 23.1 Å². The first kappa shape index (κ1) is 19.6. The average molecular weight is 431 g/mol. The molecule has 0 saturated carbocycles. The topological polar surface area (TPSA) is 59.4 Å². The Bertz CT molecular complexity index is 1400. The molecule has 0 saturated heterocycles. The molecule has 0 amide bonds. The summed E-state index contributed by atoms with van der Waals surface area (Å²) in [5.74, 6) is 0. The molecule has 0 fully saturated rings. The van der Waals surface area contributed by atoms with Crippen LogP contribution in [0.25, 0.3) is 10.9 Å². The second-order valence-electron chi connectivity index (χ2n) is 7.96. The Morgan fingerprint density at radius 2 is 1.68 bits per heavy atom. The summed E-state index contributed by atoms with van der Waals surface area (Å²) in [4.78, 5) is 14.2. The number of fused-ring (bicyclic) bond motifs is 2. The molecule has 2 heterocycles. The monoisotopic (exact) mass is 430 g/mol. The highest BCUT2D eigenvalue weighted by molar-refractivity contribution is 7.90. The van der Waals surface area contributed by atoms with Gasteiger partial charge in [0.15, 0.2) is 6.29 Å². The Balaban J connectivity index is 1.58. The highest BCUT2D eigenvalue weighted by Gasteiger charge is 2.23. The predicted octanol–water partition coefficient (Wildman–Crippen LogP) is 4.56. The van der Waals surface area contributed by atoms with Crippen molar-refractivity contribution in [1.29, 1.82) is 0 Å². The number of aldehydes is 1. The molecule has 1 aliphatic rings. The smallest absolute Gasteiger partial charge is 0.268 e. The fourth-order valence-corrected chi connectivity index (χ4v) is 5.62. The fraction of sp³-hybridized carbons (Fsp3) is 0.160. The van der Waals surface area contributed by atoms with Crippen LogP contribution in [0.3, 0.4) is 0 Å². The van der Waals surface area contributed by atoms with Crippen LogP contribution in [-0.2, 0) is 23.0 Å². The number of aryl methyl sites for hydroxylation is 1. The van der Waals surface area contributed by atoms with Crippen molar-refractivity contribution in [2.45, 2.75) is 24.8 Å². The van der Waals surface area contributed by atoms with Gasteiger partial charge in [0.05, 0.1) is 10.4 Å². The number of hydrogen-bond acceptors (Lipinski definition) is 4. The first-order valence-corrected chi connectivity index (χ1v) is 11.7. The third kappa shape index (κ3) is 3.33. The van der Waals surface area contributed by atoms with Gasteiger partial charge in [-0.15, -0.1) is 0 Å². The van der Waals surface area contributed by atoms with Gasteiger partial charge in [0.2, 0.25) is 0 Å². The molecule has 31 heavy (non-hydrogen) atoms. The van der Waals surface area contributed by atoms with Gasteiger partial charge in [-0.2, -0.15) is 0 Å². The van der Waals surface area contributed by atoms with Gasteiger partial charge in [-0.25, -0.2) is 12.4 Å². The zero-order valence-electron chi connectivity index (χ0n) is 17.2. The van der Waals surface area contributed by atoms with Gasteiger partial charge in [-0.05, 0) is 54.8 Å². The summed E-state index contributed by atoms with van der Waals surface area (Å²) in [7, 11) is -3.81. The summed E-state index contributed by atoms with van der Waals surface area (Å²) < 4.78 is 27.7. The Morgan fingerprint density at radius 1 is 0.935 bits per heavy atom. The fourth-order valence-electron chi connectivity index (χ4n) is 4.24. The number of hydrogen-bond donors (Lipinski definition) is 0. The number of carbonyl (C=O) groups excluding carboxylic acids is 1. The molecule has 5 rings (SSSR count). The molecule has 5 nitrogen and oxygen atoms in total. The van der Waals surface area contributed by atoms with E-state index in [9.17, 15) is 13.2 Å². The van der Waals surface area contributed by atoms with E-state index in [0.29, 0.717) is 16.5 Å². The van der Waals surface area contributed by atoms with Gasteiger partial charge >= 0.3 is 0 Å². The molecule has 1 aromatic heterocycles. The molecule has 0 atom stereocenters. The molecule has 6 heteroatoms. The van der Waals surface area contributed by atoms with Crippen molar-refractivity contribution in [3.63, 3.8) is 0 Å². The maximum Gasteiger partial charge on any atom is 0.268 e. The first-order chi connectivity index (χ1) is 15.0. The van der Waals surface area contributed by atoms with Crippen LogP contribution in [0.5, 0.6) is 0 Å². The van der Waals surface area contributed by atoms with Crippen molar-refractivity contribution < 1.29 is 13.2 Å². The molecular formula is C25H22N2O3S. The molecule has 3 aromatic carbocycles. The van der Waals surface area contributed by atoms with Gasteiger partial charge in [0.25, 0.3) is 10.0 Å². The highest BCUT2D eigenvalue weighted by Crippen LogP contribution is 2.31. The molecule has 4 aromatic rings. The van der Waals surface area contributed by atoms with Crippen LogP contribution in [0.4, 0.5) is 5.69 Å². The van der Waals surface area contributed by atoms with Gasteiger partial charge < -0.3 is 4.90 Å². The zero-order chi connectivity index (χ0) is 21.6. The quantitative estimate of drug-likeness (QED) is 0.445. The van der Waals surface area contributed by atoms with Crippen LogP contribution in [0.2, 0.25) is 0 Å². The second-order valence-corrected chi connectivity index (χ2v) is 9.77. The Labute approximate surface area is 181 Å². The third-order valence-corrected chi connectivity index (χ3v) is 7.67. The van der Waals surface area contributed by atoms with Crippen LogP contribution in [0, 0.1) is 6.92 Å². The number of nitrogens with zero attached hydrogens (tertiary/aromatic N) is 2. The third-order valence-electron chi connectivity index (χ3n) is 5.99. The van der Waals surface area contributed by atoms with E-state index in [1.807, 2.05) is 25.1 Å². The lowest BCUT2D eigenvalue weighted by molar-refractivity contribution is 0.112. The Kier molecular flexibility index (Phi) is 4.67. The number of carbonyl (C=O) groups is 1. The molecule has 0 radical (unpaired) electrons. The Morgan fingerprint density at radius 3 is 2.42 bits per heavy atom. The van der Waals surface area contributed by atoms with Crippen molar-refractivity contribution in [2.75, 3.05) is 11.4 Å². The van der Waals surface area contributed by atoms with Crippen LogP contribution >= 0.6 is 0 Å². The standard InChI is InChI=1S/C25H22N2O3S/c1-18-6-9-23(10-7-18)31(29,30)27-16-21(17-28)24-14-22(8-11-25(24)27)26-13-12-19-4-2-3-5-20(19)15-26/h2-11,14,16-17H,12-13,15H2,1H3. The van der Waals surface area contributed by atoms with E-state index in [1.54, 1.807) is 30.3 Å². The second kappa shape index (κ2) is 7.39. The number of benzene rings is 3. The van der Waals surface area contributed by atoms with E-state index < -0.39 is 10.0 Å². The van der Waals surface area contributed by atoms with Gasteiger partial charge in [0.1, 0.15) is 0 Å². The Hall–Kier alpha value is -3.38. The van der Waals surface area contributed by atoms with E-state index in [-0.39, 0.29) is 4.90 Å². The molecule has 1 aliphatic heterocycles. The summed E-state index contributed by atoms with van der Waals surface area (Å²) in [6, 6.07) is 20.8. The molecule has 0 spiro atoms. The molecule has 0 unspecified atom stereocenters. The number of rotatable bonds is 4. The molecule has 0 aliphatic carbocycles. The minimum absolute atomic E-state index is 0.198. The van der Waals surface area contributed by atoms with Crippen LogP contribution in [0.1, 0.15) is 27.0 Å². The number of anilines is 1.